The number of nitrogens with two attached hydrogens (primary N) is 1. The molecule has 6 heteroatoms. The van der Waals surface area contributed by atoms with Crippen molar-refractivity contribution in [3.05, 3.63) is 22.3 Å². The number of hydrogen-bond acceptors (Lipinski definition) is 2. The Morgan fingerprint density at radius 2 is 2.36 bits per heavy atom. The van der Waals surface area contributed by atoms with Crippen LogP contribution in [-0.4, -0.2) is 9.55 Å². The van der Waals surface area contributed by atoms with E-state index in [4.69, 9.17) is 5.73 Å². The van der Waals surface area contributed by atoms with Crippen molar-refractivity contribution < 1.29 is 0 Å². The van der Waals surface area contributed by atoms with Gasteiger partial charge in [-0.2, -0.15) is 5.10 Å². The SMILES string of the molecule is Cc1cc2c(cnn2PI)c(Br)c1N. The van der Waals surface area contributed by atoms with Crippen molar-refractivity contribution in [1.82, 2.24) is 9.55 Å². The summed E-state index contributed by atoms with van der Waals surface area (Å²) >= 11 is 5.81. The Labute approximate surface area is 105 Å². The molecule has 1 unspecified atom stereocenters. The number of benzene rings is 1. The second-order valence-electron chi connectivity index (χ2n) is 2.99. The second-order valence-corrected chi connectivity index (χ2v) is 5.83. The zero-order valence-electron chi connectivity index (χ0n) is 7.38. The van der Waals surface area contributed by atoms with E-state index in [0.29, 0.717) is 6.37 Å². The van der Waals surface area contributed by atoms with Crippen molar-refractivity contribution in [3.8, 4) is 0 Å². The van der Waals surface area contributed by atoms with Gasteiger partial charge in [0.25, 0.3) is 0 Å². The minimum absolute atomic E-state index is 0.612. The molecule has 1 atom stereocenters. The number of aryl methyl sites for hydroxylation is 1. The van der Waals surface area contributed by atoms with Crippen LogP contribution in [0.25, 0.3) is 10.9 Å². The van der Waals surface area contributed by atoms with E-state index in [9.17, 15) is 0 Å². The maximum absolute atomic E-state index is 5.92. The minimum Gasteiger partial charge on any atom is -0.398 e. The van der Waals surface area contributed by atoms with Gasteiger partial charge < -0.3 is 5.73 Å². The van der Waals surface area contributed by atoms with Crippen molar-refractivity contribution in [2.24, 2.45) is 0 Å². The first-order valence-corrected chi connectivity index (χ1v) is 8.79. The van der Waals surface area contributed by atoms with Crippen LogP contribution in [0.15, 0.2) is 16.7 Å². The largest absolute Gasteiger partial charge is 0.398 e. The van der Waals surface area contributed by atoms with Crippen LogP contribution in [0.1, 0.15) is 5.56 Å². The molecule has 2 N–H and O–H groups in total. The Bertz CT molecular complexity index is 497. The van der Waals surface area contributed by atoms with Crippen molar-refractivity contribution in [2.75, 3.05) is 5.73 Å². The van der Waals surface area contributed by atoms with Gasteiger partial charge in [-0.15, -0.1) is 0 Å². The molecule has 0 fully saturated rings. The van der Waals surface area contributed by atoms with E-state index in [-0.39, 0.29) is 0 Å². The quantitative estimate of drug-likeness (QED) is 0.465. The molecule has 74 valence electrons. The molecule has 0 aliphatic carbocycles. The van der Waals surface area contributed by atoms with E-state index in [2.05, 4.69) is 49.1 Å². The van der Waals surface area contributed by atoms with Crippen LogP contribution in [0, 0.1) is 6.92 Å². The number of nitrogens with zero attached hydrogens (tertiary/aromatic N) is 2. The van der Waals surface area contributed by atoms with Crippen LogP contribution in [-0.2, 0) is 0 Å². The van der Waals surface area contributed by atoms with Crippen molar-refractivity contribution in [3.63, 3.8) is 0 Å². The predicted molar refractivity (Wildman–Crippen MR) is 74.3 cm³/mol. The summed E-state index contributed by atoms with van der Waals surface area (Å²) in [6.07, 6.45) is 2.46. The molecule has 1 heterocycles. The lowest BCUT2D eigenvalue weighted by Gasteiger charge is -2.05. The molecule has 0 amide bonds. The van der Waals surface area contributed by atoms with Gasteiger partial charge in [0.15, 0.2) is 0 Å². The van der Waals surface area contributed by atoms with Crippen molar-refractivity contribution >= 4 is 60.9 Å². The maximum atomic E-state index is 5.92. The summed E-state index contributed by atoms with van der Waals surface area (Å²) in [6, 6.07) is 2.08. The predicted octanol–water partition coefficient (Wildman–Crippen LogP) is 3.48. The van der Waals surface area contributed by atoms with Gasteiger partial charge in [0, 0.05) is 11.1 Å². The Kier molecular flexibility index (Phi) is 3.00. The first-order chi connectivity index (χ1) is 6.65. The Hall–Kier alpha value is 0.130. The Morgan fingerprint density at radius 1 is 1.64 bits per heavy atom. The highest BCUT2D eigenvalue weighted by molar-refractivity contribution is 14.2. The number of anilines is 1. The number of halogens is 2. The lowest BCUT2D eigenvalue weighted by molar-refractivity contribution is 1.04. The van der Waals surface area contributed by atoms with Gasteiger partial charge in [0.2, 0.25) is 0 Å². The van der Waals surface area contributed by atoms with E-state index in [1.165, 1.54) is 0 Å². The molecule has 0 spiro atoms. The number of aromatic nitrogens is 2. The zero-order valence-corrected chi connectivity index (χ0v) is 12.1. The van der Waals surface area contributed by atoms with Gasteiger partial charge in [-0.3, -0.25) is 0 Å². The molecule has 0 bridgehead atoms. The van der Waals surface area contributed by atoms with E-state index in [0.717, 1.165) is 26.6 Å². The Morgan fingerprint density at radius 3 is 3.00 bits per heavy atom. The third kappa shape index (κ3) is 1.55. The van der Waals surface area contributed by atoms with E-state index in [1.54, 1.807) is 0 Å². The monoisotopic (exact) mass is 383 g/mol. The van der Waals surface area contributed by atoms with E-state index < -0.39 is 0 Å². The third-order valence-corrected chi connectivity index (χ3v) is 4.88. The summed E-state index contributed by atoms with van der Waals surface area (Å²) in [5.41, 5.74) is 8.93. The summed E-state index contributed by atoms with van der Waals surface area (Å²) in [5.74, 6) is 0. The summed E-state index contributed by atoms with van der Waals surface area (Å²) in [7, 11) is 0. The van der Waals surface area contributed by atoms with Crippen LogP contribution in [0.3, 0.4) is 0 Å². The first kappa shape index (κ1) is 10.6. The summed E-state index contributed by atoms with van der Waals surface area (Å²) in [4.78, 5) is 0. The van der Waals surface area contributed by atoms with Crippen LogP contribution in [0.4, 0.5) is 5.69 Å². The van der Waals surface area contributed by atoms with Crippen LogP contribution in [0.2, 0.25) is 0 Å². The summed E-state index contributed by atoms with van der Waals surface area (Å²) in [6.45, 7) is 2.01. The number of rotatable bonds is 1. The normalized spacial score (nSPS) is 11.9. The molecule has 0 saturated carbocycles. The van der Waals surface area contributed by atoms with Crippen molar-refractivity contribution in [2.45, 2.75) is 6.92 Å². The number of fused-ring (bicyclic) bond motifs is 1. The van der Waals surface area contributed by atoms with Gasteiger partial charge in [0.1, 0.15) is 0 Å². The van der Waals surface area contributed by atoms with E-state index in [1.807, 2.05) is 17.6 Å². The van der Waals surface area contributed by atoms with Crippen LogP contribution < -0.4 is 5.73 Å². The molecule has 3 nitrogen and oxygen atoms in total. The third-order valence-electron chi connectivity index (χ3n) is 2.14. The summed E-state index contributed by atoms with van der Waals surface area (Å²) in [5, 5.41) is 5.37. The first-order valence-electron chi connectivity index (χ1n) is 3.94. The molecule has 0 radical (unpaired) electrons. The smallest absolute Gasteiger partial charge is 0.0745 e. The number of nitrogen functional groups attached to an aromatic ring is 1. The molecular formula is C8H8BrIN3P. The van der Waals surface area contributed by atoms with Gasteiger partial charge in [-0.05, 0) is 56.5 Å². The summed E-state index contributed by atoms with van der Waals surface area (Å²) < 4.78 is 2.93. The molecule has 1 aromatic heterocycles. The van der Waals surface area contributed by atoms with Gasteiger partial charge in [0.05, 0.1) is 22.6 Å². The van der Waals surface area contributed by atoms with Gasteiger partial charge in [-0.1, -0.05) is 0 Å². The lowest BCUT2D eigenvalue weighted by atomic mass is 10.1. The minimum atomic E-state index is 0.612. The van der Waals surface area contributed by atoms with Gasteiger partial charge >= 0.3 is 0 Å². The molecular weight excluding hydrogens is 376 g/mol. The molecule has 0 aliphatic rings. The average Bonchev–Trinajstić information content (AvgIpc) is 2.57. The van der Waals surface area contributed by atoms with Gasteiger partial charge in [-0.25, -0.2) is 4.45 Å². The highest BCUT2D eigenvalue weighted by Gasteiger charge is 2.10. The molecule has 0 aliphatic heterocycles. The maximum Gasteiger partial charge on any atom is 0.0745 e. The highest BCUT2D eigenvalue weighted by atomic mass is 127. The van der Waals surface area contributed by atoms with Crippen molar-refractivity contribution in [1.29, 1.82) is 0 Å². The Balaban J connectivity index is 2.86. The molecule has 0 saturated heterocycles. The standard InChI is InChI=1S/C8H8BrIN3P/c1-4-2-6-5(7(9)8(4)11)3-12-13(6)14-10/h2-3,14H,11H2,1H3. The van der Waals surface area contributed by atoms with Crippen LogP contribution in [0.5, 0.6) is 0 Å². The number of hydrogen-bond donors (Lipinski definition) is 1. The molecule has 2 aromatic rings. The molecule has 1 aromatic carbocycles. The fraction of sp³-hybridized carbons (Fsp3) is 0.125. The molecule has 14 heavy (non-hydrogen) atoms. The average molecular weight is 384 g/mol. The van der Waals surface area contributed by atoms with E-state index >= 15 is 0 Å². The highest BCUT2D eigenvalue weighted by Crippen LogP contribution is 2.36. The fourth-order valence-corrected chi connectivity index (χ4v) is 3.48. The second kappa shape index (κ2) is 3.94. The van der Waals surface area contributed by atoms with Crippen LogP contribution >= 0.6 is 44.3 Å². The lowest BCUT2D eigenvalue weighted by Crippen LogP contribution is -1.92. The zero-order chi connectivity index (χ0) is 10.3. The topological polar surface area (TPSA) is 43.8 Å². The fourth-order valence-electron chi connectivity index (χ4n) is 1.33. The molecule has 2 rings (SSSR count).